The van der Waals surface area contributed by atoms with E-state index in [-0.39, 0.29) is 16.7 Å². The molecular formula is C15H18N2O3. The number of nitrogens with zero attached hydrogens (tertiary/aromatic N) is 1. The van der Waals surface area contributed by atoms with Crippen molar-refractivity contribution in [3.8, 4) is 0 Å². The van der Waals surface area contributed by atoms with Crippen LogP contribution in [0.3, 0.4) is 0 Å². The van der Waals surface area contributed by atoms with Crippen molar-refractivity contribution in [1.29, 1.82) is 0 Å². The summed E-state index contributed by atoms with van der Waals surface area (Å²) >= 11 is 0. The Kier molecular flexibility index (Phi) is 4.40. The highest BCUT2D eigenvalue weighted by Gasteiger charge is 2.14. The van der Waals surface area contributed by atoms with E-state index in [1.165, 1.54) is 0 Å². The number of hydrogen-bond acceptors (Lipinski definition) is 4. The highest BCUT2D eigenvalue weighted by atomic mass is 16.6. The molecule has 1 heterocycles. The molecule has 0 bridgehead atoms. The largest absolute Gasteiger partial charge is 0.469 e. The molecule has 0 aliphatic rings. The van der Waals surface area contributed by atoms with Crippen LogP contribution in [0.2, 0.25) is 0 Å². The van der Waals surface area contributed by atoms with Crippen LogP contribution in [0.25, 0.3) is 0 Å². The summed E-state index contributed by atoms with van der Waals surface area (Å²) in [5.41, 5.74) is 1.68. The Morgan fingerprint density at radius 1 is 1.40 bits per heavy atom. The van der Waals surface area contributed by atoms with Gasteiger partial charge in [0.2, 0.25) is 0 Å². The van der Waals surface area contributed by atoms with Gasteiger partial charge in [-0.3, -0.25) is 10.1 Å². The highest BCUT2D eigenvalue weighted by Crippen LogP contribution is 2.24. The predicted octanol–water partition coefficient (Wildman–Crippen LogP) is 3.79. The van der Waals surface area contributed by atoms with Crippen molar-refractivity contribution >= 4 is 11.4 Å². The summed E-state index contributed by atoms with van der Waals surface area (Å²) in [6.07, 6.45) is 3.03. The van der Waals surface area contributed by atoms with Crippen LogP contribution in [0.15, 0.2) is 41.0 Å². The Morgan fingerprint density at radius 3 is 2.80 bits per heavy atom. The van der Waals surface area contributed by atoms with Crippen molar-refractivity contribution < 1.29 is 9.34 Å². The number of nitro benzene ring substituents is 1. The molecule has 20 heavy (non-hydrogen) atoms. The zero-order valence-electron chi connectivity index (χ0n) is 11.6. The highest BCUT2D eigenvalue weighted by molar-refractivity contribution is 5.55. The zero-order chi connectivity index (χ0) is 14.5. The molecule has 0 radical (unpaired) electrons. The summed E-state index contributed by atoms with van der Waals surface area (Å²) in [4.78, 5) is 10.7. The summed E-state index contributed by atoms with van der Waals surface area (Å²) in [7, 11) is 0. The second-order valence-corrected chi connectivity index (χ2v) is 4.78. The average molecular weight is 274 g/mol. The monoisotopic (exact) mass is 274 g/mol. The molecule has 2 rings (SSSR count). The third kappa shape index (κ3) is 3.38. The molecule has 1 aromatic heterocycles. The standard InChI is InChI=1S/C15H18N2O3/c1-3-12-6-7-13(10-15(12)17(18)19)16-11(2)9-14-5-4-8-20-14/h4-8,10-11,16H,3,9H2,1-2H3. The summed E-state index contributed by atoms with van der Waals surface area (Å²) in [5.74, 6) is 0.893. The lowest BCUT2D eigenvalue weighted by Gasteiger charge is -2.14. The molecule has 1 atom stereocenters. The topological polar surface area (TPSA) is 68.3 Å². The number of anilines is 1. The minimum absolute atomic E-state index is 0.133. The molecule has 0 aliphatic carbocycles. The molecule has 106 valence electrons. The first kappa shape index (κ1) is 14.1. The van der Waals surface area contributed by atoms with Crippen LogP contribution in [0.4, 0.5) is 11.4 Å². The van der Waals surface area contributed by atoms with E-state index >= 15 is 0 Å². The van der Waals surface area contributed by atoms with Gasteiger partial charge >= 0.3 is 0 Å². The van der Waals surface area contributed by atoms with Gasteiger partial charge in [0.1, 0.15) is 5.76 Å². The Morgan fingerprint density at radius 2 is 2.20 bits per heavy atom. The molecule has 0 spiro atoms. The lowest BCUT2D eigenvalue weighted by molar-refractivity contribution is -0.385. The minimum atomic E-state index is -0.332. The van der Waals surface area contributed by atoms with Gasteiger partial charge in [0, 0.05) is 29.8 Å². The first-order chi connectivity index (χ1) is 9.60. The number of hydrogen-bond donors (Lipinski definition) is 1. The number of nitro groups is 1. The summed E-state index contributed by atoms with van der Waals surface area (Å²) in [5, 5.41) is 14.3. The Balaban J connectivity index is 2.09. The van der Waals surface area contributed by atoms with Gasteiger partial charge < -0.3 is 9.73 Å². The molecular weight excluding hydrogens is 256 g/mol. The van der Waals surface area contributed by atoms with Crippen LogP contribution >= 0.6 is 0 Å². The molecule has 5 heteroatoms. The second kappa shape index (κ2) is 6.23. The van der Waals surface area contributed by atoms with Crippen molar-refractivity contribution in [3.05, 3.63) is 58.0 Å². The predicted molar refractivity (Wildman–Crippen MR) is 78.0 cm³/mol. The van der Waals surface area contributed by atoms with Gasteiger partial charge in [0.25, 0.3) is 5.69 Å². The fraction of sp³-hybridized carbons (Fsp3) is 0.333. The Labute approximate surface area is 117 Å². The van der Waals surface area contributed by atoms with E-state index in [1.807, 2.05) is 32.0 Å². The Hall–Kier alpha value is -2.30. The van der Waals surface area contributed by atoms with Crippen molar-refractivity contribution in [2.45, 2.75) is 32.7 Å². The fourth-order valence-electron chi connectivity index (χ4n) is 2.19. The minimum Gasteiger partial charge on any atom is -0.469 e. The van der Waals surface area contributed by atoms with Gasteiger partial charge in [-0.1, -0.05) is 13.0 Å². The van der Waals surface area contributed by atoms with E-state index in [1.54, 1.807) is 18.4 Å². The molecule has 1 aromatic carbocycles. The van der Waals surface area contributed by atoms with Crippen LogP contribution in [0.1, 0.15) is 25.2 Å². The number of aryl methyl sites for hydroxylation is 1. The van der Waals surface area contributed by atoms with Gasteiger partial charge in [0.15, 0.2) is 0 Å². The third-order valence-electron chi connectivity index (χ3n) is 3.16. The van der Waals surface area contributed by atoms with Crippen LogP contribution in [-0.4, -0.2) is 11.0 Å². The summed E-state index contributed by atoms with van der Waals surface area (Å²) in [6.45, 7) is 3.93. The molecule has 1 unspecified atom stereocenters. The zero-order valence-corrected chi connectivity index (χ0v) is 11.6. The first-order valence-electron chi connectivity index (χ1n) is 6.66. The fourth-order valence-corrected chi connectivity index (χ4v) is 2.19. The normalized spacial score (nSPS) is 12.1. The van der Waals surface area contributed by atoms with E-state index in [9.17, 15) is 10.1 Å². The lowest BCUT2D eigenvalue weighted by Crippen LogP contribution is -2.17. The van der Waals surface area contributed by atoms with Crippen molar-refractivity contribution in [2.75, 3.05) is 5.32 Å². The average Bonchev–Trinajstić information content (AvgIpc) is 2.91. The van der Waals surface area contributed by atoms with Crippen molar-refractivity contribution in [3.63, 3.8) is 0 Å². The van der Waals surface area contributed by atoms with E-state index < -0.39 is 0 Å². The van der Waals surface area contributed by atoms with Crippen LogP contribution in [0.5, 0.6) is 0 Å². The number of benzene rings is 1. The van der Waals surface area contributed by atoms with Crippen LogP contribution in [-0.2, 0) is 12.8 Å². The van der Waals surface area contributed by atoms with Crippen LogP contribution < -0.4 is 5.32 Å². The van der Waals surface area contributed by atoms with Crippen molar-refractivity contribution in [2.24, 2.45) is 0 Å². The van der Waals surface area contributed by atoms with E-state index in [0.717, 1.165) is 23.4 Å². The maximum Gasteiger partial charge on any atom is 0.274 e. The number of rotatable bonds is 6. The number of furan rings is 1. The van der Waals surface area contributed by atoms with Gasteiger partial charge in [-0.2, -0.15) is 0 Å². The molecule has 5 nitrogen and oxygen atoms in total. The smallest absolute Gasteiger partial charge is 0.274 e. The summed E-state index contributed by atoms with van der Waals surface area (Å²) in [6, 6.07) is 9.18. The van der Waals surface area contributed by atoms with Gasteiger partial charge in [-0.15, -0.1) is 0 Å². The third-order valence-corrected chi connectivity index (χ3v) is 3.16. The molecule has 0 amide bonds. The molecule has 0 aliphatic heterocycles. The quantitative estimate of drug-likeness (QED) is 0.642. The van der Waals surface area contributed by atoms with Gasteiger partial charge in [0.05, 0.1) is 11.2 Å². The molecule has 2 aromatic rings. The number of nitrogens with one attached hydrogen (secondary N) is 1. The SMILES string of the molecule is CCc1ccc(NC(C)Cc2ccco2)cc1[N+](=O)[O-]. The van der Waals surface area contributed by atoms with Gasteiger partial charge in [-0.25, -0.2) is 0 Å². The van der Waals surface area contributed by atoms with E-state index in [0.29, 0.717) is 6.42 Å². The van der Waals surface area contributed by atoms with Gasteiger partial charge in [-0.05, 0) is 31.5 Å². The molecule has 0 fully saturated rings. The maximum absolute atomic E-state index is 11.0. The first-order valence-corrected chi connectivity index (χ1v) is 6.66. The lowest BCUT2D eigenvalue weighted by atomic mass is 10.1. The second-order valence-electron chi connectivity index (χ2n) is 4.78. The molecule has 0 saturated carbocycles. The van der Waals surface area contributed by atoms with Crippen LogP contribution in [0, 0.1) is 10.1 Å². The molecule has 0 saturated heterocycles. The Bertz CT molecular complexity index is 579. The maximum atomic E-state index is 11.0. The van der Waals surface area contributed by atoms with E-state index in [2.05, 4.69) is 5.32 Å². The molecule has 1 N–H and O–H groups in total. The summed E-state index contributed by atoms with van der Waals surface area (Å²) < 4.78 is 5.29. The van der Waals surface area contributed by atoms with E-state index in [4.69, 9.17) is 4.42 Å². The van der Waals surface area contributed by atoms with Crippen molar-refractivity contribution in [1.82, 2.24) is 0 Å².